The molecule has 104 valence electrons. The number of nitrogens with one attached hydrogen (secondary N) is 2. The molecule has 0 aliphatic heterocycles. The molecule has 19 heavy (non-hydrogen) atoms. The van der Waals surface area contributed by atoms with Gasteiger partial charge in [0.1, 0.15) is 0 Å². The summed E-state index contributed by atoms with van der Waals surface area (Å²) in [5.41, 5.74) is 0.701. The number of aliphatic hydroxyl groups excluding tert-OH is 1. The summed E-state index contributed by atoms with van der Waals surface area (Å²) in [6.45, 7) is 0.825. The van der Waals surface area contributed by atoms with Gasteiger partial charge in [-0.1, -0.05) is 6.07 Å². The van der Waals surface area contributed by atoms with Crippen LogP contribution in [0.4, 0.5) is 0 Å². The van der Waals surface area contributed by atoms with E-state index in [9.17, 15) is 9.59 Å². The topological polar surface area (TPSA) is 91.3 Å². The number of unbranched alkanes of at least 4 members (excludes halogenated alkanes) is 2. The summed E-state index contributed by atoms with van der Waals surface area (Å²) in [7, 11) is 0. The Morgan fingerprint density at radius 2 is 1.89 bits per heavy atom. The third kappa shape index (κ3) is 6.52. The monoisotopic (exact) mass is 265 g/mol. The van der Waals surface area contributed by atoms with E-state index >= 15 is 0 Å². The molecular weight excluding hydrogens is 246 g/mol. The first-order valence-corrected chi connectivity index (χ1v) is 6.31. The molecule has 0 aliphatic rings. The number of aromatic nitrogens is 1. The van der Waals surface area contributed by atoms with Crippen molar-refractivity contribution in [3.63, 3.8) is 0 Å². The van der Waals surface area contributed by atoms with Crippen LogP contribution in [0.5, 0.6) is 0 Å². The molecule has 2 amide bonds. The van der Waals surface area contributed by atoms with Crippen molar-refractivity contribution in [1.29, 1.82) is 0 Å². The maximum Gasteiger partial charge on any atom is 0.309 e. The Morgan fingerprint density at radius 1 is 1.11 bits per heavy atom. The van der Waals surface area contributed by atoms with Crippen LogP contribution in [0, 0.1) is 0 Å². The first kappa shape index (κ1) is 15.1. The van der Waals surface area contributed by atoms with Gasteiger partial charge in [-0.25, -0.2) is 0 Å². The molecule has 0 saturated heterocycles. The van der Waals surface area contributed by atoms with Gasteiger partial charge in [-0.2, -0.15) is 0 Å². The quantitative estimate of drug-likeness (QED) is 0.477. The largest absolute Gasteiger partial charge is 0.396 e. The maximum atomic E-state index is 11.4. The van der Waals surface area contributed by atoms with Crippen LogP contribution in [0.3, 0.4) is 0 Å². The van der Waals surface area contributed by atoms with Gasteiger partial charge in [0.15, 0.2) is 0 Å². The van der Waals surface area contributed by atoms with E-state index in [4.69, 9.17) is 5.11 Å². The summed E-state index contributed by atoms with van der Waals surface area (Å²) in [5.74, 6) is -1.30. The highest BCUT2D eigenvalue weighted by atomic mass is 16.3. The normalized spacial score (nSPS) is 9.95. The van der Waals surface area contributed by atoms with Crippen molar-refractivity contribution in [3.05, 3.63) is 30.1 Å². The lowest BCUT2D eigenvalue weighted by Crippen LogP contribution is -2.40. The lowest BCUT2D eigenvalue weighted by molar-refractivity contribution is -0.139. The van der Waals surface area contributed by atoms with E-state index in [1.54, 1.807) is 18.3 Å². The van der Waals surface area contributed by atoms with E-state index in [2.05, 4.69) is 15.6 Å². The maximum absolute atomic E-state index is 11.4. The highest BCUT2D eigenvalue weighted by molar-refractivity contribution is 6.35. The Labute approximate surface area is 112 Å². The van der Waals surface area contributed by atoms with E-state index in [1.807, 2.05) is 6.07 Å². The predicted molar refractivity (Wildman–Crippen MR) is 70.0 cm³/mol. The molecule has 0 saturated carbocycles. The Morgan fingerprint density at radius 3 is 2.58 bits per heavy atom. The second-order valence-corrected chi connectivity index (χ2v) is 4.04. The Bertz CT molecular complexity index is 395. The van der Waals surface area contributed by atoms with Crippen LogP contribution in [-0.4, -0.2) is 35.1 Å². The molecule has 0 bridgehead atoms. The van der Waals surface area contributed by atoms with Crippen molar-refractivity contribution in [2.75, 3.05) is 13.2 Å². The van der Waals surface area contributed by atoms with Crippen LogP contribution >= 0.6 is 0 Å². The first-order chi connectivity index (χ1) is 9.24. The molecule has 6 heteroatoms. The third-order valence-electron chi connectivity index (χ3n) is 2.48. The lowest BCUT2D eigenvalue weighted by atomic mass is 10.2. The van der Waals surface area contributed by atoms with Crippen LogP contribution in [0.25, 0.3) is 0 Å². The number of carbonyl (C=O) groups is 2. The van der Waals surface area contributed by atoms with Crippen molar-refractivity contribution in [3.8, 4) is 0 Å². The molecule has 0 fully saturated rings. The fourth-order valence-corrected chi connectivity index (χ4v) is 1.45. The first-order valence-electron chi connectivity index (χ1n) is 6.31. The summed E-state index contributed by atoms with van der Waals surface area (Å²) in [6.07, 6.45) is 3.91. The van der Waals surface area contributed by atoms with Crippen molar-refractivity contribution < 1.29 is 14.7 Å². The zero-order valence-corrected chi connectivity index (χ0v) is 10.8. The van der Waals surface area contributed by atoms with Crippen molar-refractivity contribution in [2.45, 2.75) is 25.8 Å². The van der Waals surface area contributed by atoms with Gasteiger partial charge < -0.3 is 15.7 Å². The molecule has 0 aliphatic carbocycles. The predicted octanol–water partition coefficient (Wildman–Crippen LogP) is -0.0234. The van der Waals surface area contributed by atoms with Gasteiger partial charge in [0.25, 0.3) is 0 Å². The Balaban J connectivity index is 2.16. The number of hydrogen-bond donors (Lipinski definition) is 3. The molecule has 1 aromatic heterocycles. The number of aliphatic hydroxyl groups is 1. The number of carbonyl (C=O) groups excluding carboxylic acids is 2. The van der Waals surface area contributed by atoms with Gasteiger partial charge in [0.05, 0.1) is 12.2 Å². The van der Waals surface area contributed by atoms with Crippen LogP contribution < -0.4 is 10.6 Å². The third-order valence-corrected chi connectivity index (χ3v) is 2.48. The second kappa shape index (κ2) is 9.04. The van der Waals surface area contributed by atoms with E-state index in [0.29, 0.717) is 18.7 Å². The molecule has 0 aromatic carbocycles. The smallest absolute Gasteiger partial charge is 0.309 e. The summed E-state index contributed by atoms with van der Waals surface area (Å²) in [6, 6.07) is 5.37. The zero-order chi connectivity index (χ0) is 13.9. The molecule has 1 rings (SSSR count). The molecule has 1 heterocycles. The molecule has 0 radical (unpaired) electrons. The average molecular weight is 265 g/mol. The van der Waals surface area contributed by atoms with Crippen molar-refractivity contribution >= 4 is 11.8 Å². The van der Waals surface area contributed by atoms with Crippen molar-refractivity contribution in [1.82, 2.24) is 15.6 Å². The molecule has 0 spiro atoms. The highest BCUT2D eigenvalue weighted by Crippen LogP contribution is 1.93. The zero-order valence-electron chi connectivity index (χ0n) is 10.8. The summed E-state index contributed by atoms with van der Waals surface area (Å²) in [4.78, 5) is 26.9. The average Bonchev–Trinajstić information content (AvgIpc) is 2.45. The molecular formula is C13H19N3O3. The summed E-state index contributed by atoms with van der Waals surface area (Å²) >= 11 is 0. The number of nitrogens with zero attached hydrogens (tertiary/aromatic N) is 1. The van der Waals surface area contributed by atoms with Crippen LogP contribution in [0.1, 0.15) is 25.0 Å². The minimum absolute atomic E-state index is 0.151. The Kier molecular flexibility index (Phi) is 7.19. The van der Waals surface area contributed by atoms with Crippen LogP contribution in [0.2, 0.25) is 0 Å². The van der Waals surface area contributed by atoms with Gasteiger partial charge >= 0.3 is 11.8 Å². The van der Waals surface area contributed by atoms with Gasteiger partial charge in [-0.05, 0) is 31.4 Å². The minimum Gasteiger partial charge on any atom is -0.396 e. The number of hydrogen-bond acceptors (Lipinski definition) is 4. The van der Waals surface area contributed by atoms with Gasteiger partial charge in [-0.15, -0.1) is 0 Å². The van der Waals surface area contributed by atoms with E-state index in [1.165, 1.54) is 0 Å². The number of pyridine rings is 1. The summed E-state index contributed by atoms with van der Waals surface area (Å²) in [5, 5.41) is 13.6. The van der Waals surface area contributed by atoms with Gasteiger partial charge in [0.2, 0.25) is 0 Å². The van der Waals surface area contributed by atoms with Gasteiger partial charge in [0, 0.05) is 19.3 Å². The minimum atomic E-state index is -0.659. The van der Waals surface area contributed by atoms with E-state index in [0.717, 1.165) is 12.8 Å². The Hall–Kier alpha value is -1.95. The standard InChI is InChI=1S/C13H19N3O3/c17-9-5-1-3-8-15-12(18)13(19)16-10-11-6-2-4-7-14-11/h2,4,6-7,17H,1,3,5,8-10H2,(H,15,18)(H,16,19). The molecule has 6 nitrogen and oxygen atoms in total. The molecule has 1 aromatic rings. The van der Waals surface area contributed by atoms with Crippen LogP contribution in [0.15, 0.2) is 24.4 Å². The SMILES string of the molecule is O=C(NCCCCCO)C(=O)NCc1ccccn1. The van der Waals surface area contributed by atoms with Crippen molar-refractivity contribution in [2.24, 2.45) is 0 Å². The fourth-order valence-electron chi connectivity index (χ4n) is 1.45. The molecule has 0 unspecified atom stereocenters. The number of amides is 2. The van der Waals surface area contributed by atoms with E-state index < -0.39 is 11.8 Å². The number of rotatable bonds is 7. The van der Waals surface area contributed by atoms with Gasteiger partial charge in [-0.3, -0.25) is 14.6 Å². The fraction of sp³-hybridized carbons (Fsp3) is 0.462. The molecule has 3 N–H and O–H groups in total. The summed E-state index contributed by atoms with van der Waals surface area (Å²) < 4.78 is 0. The highest BCUT2D eigenvalue weighted by Gasteiger charge is 2.11. The van der Waals surface area contributed by atoms with E-state index in [-0.39, 0.29) is 13.2 Å². The lowest BCUT2D eigenvalue weighted by Gasteiger charge is -2.06. The second-order valence-electron chi connectivity index (χ2n) is 4.04. The van der Waals surface area contributed by atoms with Crippen LogP contribution in [-0.2, 0) is 16.1 Å². The molecule has 0 atom stereocenters.